The number of benzene rings is 3. The van der Waals surface area contributed by atoms with Gasteiger partial charge in [0.2, 0.25) is 0 Å². The molecule has 0 N–H and O–H groups in total. The lowest BCUT2D eigenvalue weighted by atomic mass is 9.84. The molecule has 1 nitrogen and oxygen atoms in total. The molecule has 1 unspecified atom stereocenters. The van der Waals surface area contributed by atoms with Crippen LogP contribution in [-0.2, 0) is 11.8 Å². The lowest BCUT2D eigenvalue weighted by molar-refractivity contribution is 0.590. The topological polar surface area (TPSA) is 23.8 Å². The maximum Gasteiger partial charge on any atom is 0.0753 e. The van der Waals surface area contributed by atoms with Crippen molar-refractivity contribution >= 4 is 10.8 Å². The third-order valence-corrected chi connectivity index (χ3v) is 4.64. The maximum absolute atomic E-state index is 9.69. The van der Waals surface area contributed by atoms with Crippen LogP contribution in [0.2, 0.25) is 0 Å². The zero-order valence-corrected chi connectivity index (χ0v) is 14.6. The smallest absolute Gasteiger partial charge is 0.0753 e. The molecule has 0 aliphatic rings. The fourth-order valence-corrected chi connectivity index (χ4v) is 3.14. The van der Waals surface area contributed by atoms with Gasteiger partial charge in [-0.3, -0.25) is 0 Å². The van der Waals surface area contributed by atoms with E-state index in [0.29, 0.717) is 0 Å². The van der Waals surface area contributed by atoms with Crippen LogP contribution in [0.25, 0.3) is 10.8 Å². The number of fused-ring (bicyclic) bond motifs is 1. The Balaban J connectivity index is 1.91. The van der Waals surface area contributed by atoms with Crippen LogP contribution in [0.4, 0.5) is 0 Å². The molecule has 0 aliphatic heterocycles. The molecule has 0 aromatic heterocycles. The Bertz CT molecular complexity index is 871. The Kier molecular flexibility index (Phi) is 4.40. The van der Waals surface area contributed by atoms with Crippen molar-refractivity contribution in [2.45, 2.75) is 38.5 Å². The summed E-state index contributed by atoms with van der Waals surface area (Å²) >= 11 is 0. The molecule has 0 spiro atoms. The molecule has 120 valence electrons. The summed E-state index contributed by atoms with van der Waals surface area (Å²) < 4.78 is 0. The molecule has 0 amide bonds. The summed E-state index contributed by atoms with van der Waals surface area (Å²) in [6, 6.07) is 25.7. The van der Waals surface area contributed by atoms with Gasteiger partial charge in [-0.1, -0.05) is 87.5 Å². The molecule has 0 bridgehead atoms. The normalized spacial score (nSPS) is 12.8. The standard InChI is InChI=1S/C23H23N/c1-23(2,3)21-13-11-17(12-14-21)20(16-24)15-19-9-6-8-18-7-4-5-10-22(18)19/h4-14,20H,15H2,1-3H3. The second kappa shape index (κ2) is 6.49. The quantitative estimate of drug-likeness (QED) is 0.583. The number of hydrogen-bond donors (Lipinski definition) is 0. The number of nitrogens with zero attached hydrogens (tertiary/aromatic N) is 1. The summed E-state index contributed by atoms with van der Waals surface area (Å²) in [6.45, 7) is 6.62. The van der Waals surface area contributed by atoms with Crippen molar-refractivity contribution in [1.82, 2.24) is 0 Å². The molecule has 3 aromatic carbocycles. The lowest BCUT2D eigenvalue weighted by Gasteiger charge is -2.20. The minimum Gasteiger partial charge on any atom is -0.198 e. The van der Waals surface area contributed by atoms with Gasteiger partial charge in [0.15, 0.2) is 0 Å². The highest BCUT2D eigenvalue weighted by atomic mass is 14.3. The van der Waals surface area contributed by atoms with Crippen LogP contribution in [0.3, 0.4) is 0 Å². The summed E-state index contributed by atoms with van der Waals surface area (Å²) in [6.07, 6.45) is 0.743. The Morgan fingerprint density at radius 3 is 2.21 bits per heavy atom. The number of rotatable bonds is 3. The van der Waals surface area contributed by atoms with E-state index in [9.17, 15) is 5.26 Å². The minimum atomic E-state index is -0.121. The average Bonchev–Trinajstić information content (AvgIpc) is 2.59. The van der Waals surface area contributed by atoms with E-state index in [0.717, 1.165) is 12.0 Å². The Morgan fingerprint density at radius 1 is 0.875 bits per heavy atom. The molecule has 3 aromatic rings. The largest absolute Gasteiger partial charge is 0.198 e. The second-order valence-electron chi connectivity index (χ2n) is 7.40. The number of nitriles is 1. The van der Waals surface area contributed by atoms with Crippen LogP contribution in [0.5, 0.6) is 0 Å². The van der Waals surface area contributed by atoms with Crippen molar-refractivity contribution < 1.29 is 0 Å². The fraction of sp³-hybridized carbons (Fsp3) is 0.261. The van der Waals surface area contributed by atoms with E-state index in [1.54, 1.807) is 0 Å². The Labute approximate surface area is 144 Å². The predicted molar refractivity (Wildman–Crippen MR) is 101 cm³/mol. The van der Waals surface area contributed by atoms with Gasteiger partial charge in [0, 0.05) is 0 Å². The van der Waals surface area contributed by atoms with Gasteiger partial charge in [-0.25, -0.2) is 0 Å². The van der Waals surface area contributed by atoms with Crippen molar-refractivity contribution in [3.8, 4) is 6.07 Å². The summed E-state index contributed by atoms with van der Waals surface area (Å²) in [5.41, 5.74) is 3.77. The molecule has 0 aliphatic carbocycles. The van der Waals surface area contributed by atoms with E-state index in [1.165, 1.54) is 21.9 Å². The van der Waals surface area contributed by atoms with E-state index in [-0.39, 0.29) is 11.3 Å². The molecular formula is C23H23N. The third kappa shape index (κ3) is 3.34. The summed E-state index contributed by atoms with van der Waals surface area (Å²) in [4.78, 5) is 0. The van der Waals surface area contributed by atoms with Gasteiger partial charge < -0.3 is 0 Å². The second-order valence-corrected chi connectivity index (χ2v) is 7.40. The van der Waals surface area contributed by atoms with Gasteiger partial charge in [0.25, 0.3) is 0 Å². The molecule has 24 heavy (non-hydrogen) atoms. The third-order valence-electron chi connectivity index (χ3n) is 4.64. The van der Waals surface area contributed by atoms with Crippen molar-refractivity contribution in [3.05, 3.63) is 83.4 Å². The summed E-state index contributed by atoms with van der Waals surface area (Å²) in [5.74, 6) is -0.121. The molecule has 1 atom stereocenters. The number of hydrogen-bond acceptors (Lipinski definition) is 1. The zero-order chi connectivity index (χ0) is 17.2. The van der Waals surface area contributed by atoms with E-state index >= 15 is 0 Å². The molecule has 0 saturated heterocycles. The van der Waals surface area contributed by atoms with Crippen LogP contribution in [0.1, 0.15) is 43.4 Å². The highest BCUT2D eigenvalue weighted by Crippen LogP contribution is 2.28. The van der Waals surface area contributed by atoms with Crippen LogP contribution in [0.15, 0.2) is 66.7 Å². The maximum atomic E-state index is 9.69. The van der Waals surface area contributed by atoms with Gasteiger partial charge in [0.05, 0.1) is 12.0 Å². The van der Waals surface area contributed by atoms with E-state index in [1.807, 2.05) is 0 Å². The zero-order valence-electron chi connectivity index (χ0n) is 14.6. The van der Waals surface area contributed by atoms with Gasteiger partial charge in [-0.15, -0.1) is 0 Å². The van der Waals surface area contributed by atoms with E-state index < -0.39 is 0 Å². The van der Waals surface area contributed by atoms with Gasteiger partial charge in [-0.2, -0.15) is 5.26 Å². The molecule has 3 rings (SSSR count). The van der Waals surface area contributed by atoms with Crippen LogP contribution in [0, 0.1) is 11.3 Å². The SMILES string of the molecule is CC(C)(C)c1ccc(C(C#N)Cc2cccc3ccccc23)cc1. The average molecular weight is 313 g/mol. The molecular weight excluding hydrogens is 290 g/mol. The summed E-state index contributed by atoms with van der Waals surface area (Å²) in [5, 5.41) is 12.2. The first-order valence-corrected chi connectivity index (χ1v) is 8.46. The molecule has 1 heteroatoms. The molecule has 0 radical (unpaired) electrons. The Hall–Kier alpha value is -2.59. The van der Waals surface area contributed by atoms with Crippen molar-refractivity contribution in [3.63, 3.8) is 0 Å². The van der Waals surface area contributed by atoms with Crippen LogP contribution >= 0.6 is 0 Å². The van der Waals surface area contributed by atoms with Crippen molar-refractivity contribution in [1.29, 1.82) is 5.26 Å². The Morgan fingerprint density at radius 2 is 1.54 bits per heavy atom. The van der Waals surface area contributed by atoms with Gasteiger partial charge in [0.1, 0.15) is 0 Å². The highest BCUT2D eigenvalue weighted by molar-refractivity contribution is 5.85. The first-order valence-electron chi connectivity index (χ1n) is 8.46. The first-order chi connectivity index (χ1) is 11.5. The fourth-order valence-electron chi connectivity index (χ4n) is 3.14. The monoisotopic (exact) mass is 313 g/mol. The van der Waals surface area contributed by atoms with Crippen molar-refractivity contribution in [2.75, 3.05) is 0 Å². The van der Waals surface area contributed by atoms with Crippen LogP contribution < -0.4 is 0 Å². The molecule has 0 saturated carbocycles. The molecule has 0 heterocycles. The molecule has 0 fully saturated rings. The van der Waals surface area contributed by atoms with E-state index in [2.05, 4.69) is 93.6 Å². The first kappa shape index (κ1) is 16.3. The van der Waals surface area contributed by atoms with Gasteiger partial charge in [-0.05, 0) is 39.3 Å². The van der Waals surface area contributed by atoms with E-state index in [4.69, 9.17) is 0 Å². The lowest BCUT2D eigenvalue weighted by Crippen LogP contribution is -2.11. The predicted octanol–water partition coefficient (Wildman–Crippen LogP) is 5.99. The van der Waals surface area contributed by atoms with Crippen LogP contribution in [-0.4, -0.2) is 0 Å². The minimum absolute atomic E-state index is 0.121. The van der Waals surface area contributed by atoms with Gasteiger partial charge >= 0.3 is 0 Å². The summed E-state index contributed by atoms with van der Waals surface area (Å²) in [7, 11) is 0. The van der Waals surface area contributed by atoms with Crippen molar-refractivity contribution in [2.24, 2.45) is 0 Å². The highest BCUT2D eigenvalue weighted by Gasteiger charge is 2.16.